The van der Waals surface area contributed by atoms with E-state index in [0.29, 0.717) is 37.8 Å². The minimum atomic E-state index is -0.799. The van der Waals surface area contributed by atoms with Crippen LogP contribution in [0.15, 0.2) is 66.7 Å². The van der Waals surface area contributed by atoms with Crippen LogP contribution in [-0.2, 0) is 27.4 Å². The highest BCUT2D eigenvalue weighted by molar-refractivity contribution is 5.88. The average molecular weight is 454 g/mol. The first kappa shape index (κ1) is 24.0. The van der Waals surface area contributed by atoms with E-state index >= 15 is 0 Å². The molecule has 1 heterocycles. The van der Waals surface area contributed by atoms with Gasteiger partial charge in [-0.05, 0) is 48.9 Å². The first-order valence-electron chi connectivity index (χ1n) is 11.0. The van der Waals surface area contributed by atoms with Crippen LogP contribution in [0.5, 0.6) is 0 Å². The molecule has 0 unspecified atom stereocenters. The highest BCUT2D eigenvalue weighted by atomic mass is 19.1. The van der Waals surface area contributed by atoms with Gasteiger partial charge in [0.15, 0.2) is 0 Å². The maximum atomic E-state index is 13.6. The molecule has 7 nitrogen and oxygen atoms in total. The molecule has 0 saturated heterocycles. The Hall–Kier alpha value is -3.68. The van der Waals surface area contributed by atoms with Crippen molar-refractivity contribution >= 4 is 17.9 Å². The Morgan fingerprint density at radius 2 is 1.85 bits per heavy atom. The fourth-order valence-corrected chi connectivity index (χ4v) is 3.49. The average Bonchev–Trinajstić information content (AvgIpc) is 2.80. The summed E-state index contributed by atoms with van der Waals surface area (Å²) in [6, 6.07) is 13.9. The predicted molar refractivity (Wildman–Crippen MR) is 122 cm³/mol. The Bertz CT molecular complexity index is 981. The maximum absolute atomic E-state index is 13.6. The number of rotatable bonds is 5. The van der Waals surface area contributed by atoms with Crippen molar-refractivity contribution in [2.24, 2.45) is 0 Å². The fraction of sp³-hybridized carbons (Fsp3) is 0.320. The molecule has 174 valence electrons. The smallest absolute Gasteiger partial charge is 0.408 e. The van der Waals surface area contributed by atoms with Crippen LogP contribution in [-0.4, -0.2) is 36.5 Å². The Balaban J connectivity index is 1.67. The van der Waals surface area contributed by atoms with E-state index in [-0.39, 0.29) is 18.3 Å². The highest BCUT2D eigenvalue weighted by Crippen LogP contribution is 2.10. The molecule has 2 aromatic rings. The summed E-state index contributed by atoms with van der Waals surface area (Å²) in [6.07, 6.45) is 4.22. The number of ether oxygens (including phenoxy) is 1. The van der Waals surface area contributed by atoms with Crippen LogP contribution < -0.4 is 16.0 Å². The highest BCUT2D eigenvalue weighted by Gasteiger charge is 2.24. The molecule has 3 rings (SSSR count). The molecule has 1 aliphatic rings. The van der Waals surface area contributed by atoms with Gasteiger partial charge in [-0.1, -0.05) is 48.5 Å². The summed E-state index contributed by atoms with van der Waals surface area (Å²) in [5.74, 6) is -1.03. The van der Waals surface area contributed by atoms with E-state index in [1.165, 1.54) is 18.2 Å². The summed E-state index contributed by atoms with van der Waals surface area (Å²) in [5, 5.41) is 8.29. The molecular formula is C25H28FN3O4. The zero-order valence-electron chi connectivity index (χ0n) is 18.3. The van der Waals surface area contributed by atoms with Crippen LogP contribution in [0, 0.1) is 5.82 Å². The van der Waals surface area contributed by atoms with E-state index in [4.69, 9.17) is 4.74 Å². The SMILES string of the molecule is O=C1C=C[C@H](Cc2cccc(F)c2)NC(=O)[C@@H](NC(=O)OCc2ccccc2)CCCCN1. The van der Waals surface area contributed by atoms with Crippen LogP contribution in [0.4, 0.5) is 9.18 Å². The van der Waals surface area contributed by atoms with Crippen molar-refractivity contribution < 1.29 is 23.5 Å². The number of halogens is 1. The second kappa shape index (κ2) is 12.4. The number of hydrogen-bond acceptors (Lipinski definition) is 4. The minimum Gasteiger partial charge on any atom is -0.445 e. The number of hydrogen-bond donors (Lipinski definition) is 3. The zero-order chi connectivity index (χ0) is 23.5. The van der Waals surface area contributed by atoms with Gasteiger partial charge in [0.25, 0.3) is 0 Å². The number of nitrogens with one attached hydrogen (secondary N) is 3. The van der Waals surface area contributed by atoms with Gasteiger partial charge in [0.2, 0.25) is 11.8 Å². The first-order valence-corrected chi connectivity index (χ1v) is 11.0. The van der Waals surface area contributed by atoms with Crippen molar-refractivity contribution in [3.05, 3.63) is 83.7 Å². The molecule has 0 fully saturated rings. The van der Waals surface area contributed by atoms with Gasteiger partial charge in [-0.3, -0.25) is 9.59 Å². The fourth-order valence-electron chi connectivity index (χ4n) is 3.49. The summed E-state index contributed by atoms with van der Waals surface area (Å²) in [7, 11) is 0. The van der Waals surface area contributed by atoms with Gasteiger partial charge in [-0.25, -0.2) is 9.18 Å². The summed E-state index contributed by atoms with van der Waals surface area (Å²) in [6.45, 7) is 0.558. The third-order valence-corrected chi connectivity index (χ3v) is 5.19. The molecule has 33 heavy (non-hydrogen) atoms. The Morgan fingerprint density at radius 3 is 2.64 bits per heavy atom. The molecule has 0 bridgehead atoms. The van der Waals surface area contributed by atoms with Crippen molar-refractivity contribution in [2.45, 2.75) is 44.4 Å². The molecule has 1 aliphatic heterocycles. The van der Waals surface area contributed by atoms with Gasteiger partial charge >= 0.3 is 6.09 Å². The Kier molecular flexibility index (Phi) is 8.99. The van der Waals surface area contributed by atoms with E-state index in [1.807, 2.05) is 30.3 Å². The topological polar surface area (TPSA) is 96.5 Å². The Morgan fingerprint density at radius 1 is 1.06 bits per heavy atom. The first-order chi connectivity index (χ1) is 16.0. The summed E-state index contributed by atoms with van der Waals surface area (Å²) in [4.78, 5) is 37.3. The molecule has 8 heteroatoms. The van der Waals surface area contributed by atoms with Crippen LogP contribution in [0.1, 0.15) is 30.4 Å². The van der Waals surface area contributed by atoms with Crippen molar-refractivity contribution in [1.82, 2.24) is 16.0 Å². The van der Waals surface area contributed by atoms with Gasteiger partial charge in [-0.15, -0.1) is 0 Å². The number of amides is 3. The largest absolute Gasteiger partial charge is 0.445 e. The van der Waals surface area contributed by atoms with Crippen LogP contribution in [0.25, 0.3) is 0 Å². The van der Waals surface area contributed by atoms with E-state index in [0.717, 1.165) is 5.56 Å². The predicted octanol–water partition coefficient (Wildman–Crippen LogP) is 3.00. The molecular weight excluding hydrogens is 425 g/mol. The van der Waals surface area contributed by atoms with Gasteiger partial charge < -0.3 is 20.7 Å². The number of alkyl carbamates (subject to hydrolysis) is 1. The van der Waals surface area contributed by atoms with E-state index in [2.05, 4.69) is 16.0 Å². The van der Waals surface area contributed by atoms with Crippen molar-refractivity contribution in [3.63, 3.8) is 0 Å². The zero-order valence-corrected chi connectivity index (χ0v) is 18.3. The number of carbonyl (C=O) groups is 3. The third-order valence-electron chi connectivity index (χ3n) is 5.19. The van der Waals surface area contributed by atoms with Crippen molar-refractivity contribution in [2.75, 3.05) is 6.54 Å². The normalized spacial score (nSPS) is 19.4. The Labute approximate surface area is 192 Å². The van der Waals surface area contributed by atoms with Gasteiger partial charge in [-0.2, -0.15) is 0 Å². The maximum Gasteiger partial charge on any atom is 0.408 e. The third kappa shape index (κ3) is 8.40. The molecule has 2 aromatic carbocycles. The van der Waals surface area contributed by atoms with E-state index in [1.54, 1.807) is 18.2 Å². The van der Waals surface area contributed by atoms with Crippen LogP contribution >= 0.6 is 0 Å². The molecule has 2 atom stereocenters. The van der Waals surface area contributed by atoms with Crippen LogP contribution in [0.3, 0.4) is 0 Å². The molecule has 0 aliphatic carbocycles. The molecule has 0 radical (unpaired) electrons. The lowest BCUT2D eigenvalue weighted by atomic mass is 10.0. The molecule has 0 saturated carbocycles. The molecule has 3 amide bonds. The standard InChI is InChI=1S/C25H28FN3O4/c26-20-10-6-9-19(15-20)16-21-12-13-23(30)27-14-5-4-11-22(24(31)28-21)29-25(32)33-17-18-7-2-1-3-8-18/h1-3,6-10,12-13,15,21-22H,4-5,11,14,16-17H2,(H,27,30)(H,28,31)(H,29,32)/t21-,22+/m1/s1. The van der Waals surface area contributed by atoms with E-state index in [9.17, 15) is 18.8 Å². The summed E-state index contributed by atoms with van der Waals surface area (Å²) < 4.78 is 18.9. The molecule has 3 N–H and O–H groups in total. The number of carbonyl (C=O) groups excluding carboxylic acids is 3. The minimum absolute atomic E-state index is 0.0952. The quantitative estimate of drug-likeness (QED) is 0.649. The summed E-state index contributed by atoms with van der Waals surface area (Å²) >= 11 is 0. The van der Waals surface area contributed by atoms with Gasteiger partial charge in [0.05, 0.1) is 6.04 Å². The van der Waals surface area contributed by atoms with Crippen LogP contribution in [0.2, 0.25) is 0 Å². The monoisotopic (exact) mass is 453 g/mol. The van der Waals surface area contributed by atoms with Gasteiger partial charge in [0, 0.05) is 12.6 Å². The second-order valence-corrected chi connectivity index (χ2v) is 7.85. The molecule has 0 aromatic heterocycles. The lowest BCUT2D eigenvalue weighted by Gasteiger charge is -2.22. The summed E-state index contributed by atoms with van der Waals surface area (Å²) in [5.41, 5.74) is 1.51. The number of benzene rings is 2. The van der Waals surface area contributed by atoms with E-state index < -0.39 is 24.1 Å². The second-order valence-electron chi connectivity index (χ2n) is 7.85. The van der Waals surface area contributed by atoms with Gasteiger partial charge in [0.1, 0.15) is 18.5 Å². The molecule has 0 spiro atoms. The lowest BCUT2D eigenvalue weighted by Crippen LogP contribution is -2.50. The van der Waals surface area contributed by atoms with Crippen molar-refractivity contribution in [3.8, 4) is 0 Å². The lowest BCUT2D eigenvalue weighted by molar-refractivity contribution is -0.124. The van der Waals surface area contributed by atoms with Crippen molar-refractivity contribution in [1.29, 1.82) is 0 Å².